The van der Waals surface area contributed by atoms with Crippen LogP contribution in [-0.2, 0) is 6.54 Å². The lowest BCUT2D eigenvalue weighted by atomic mass is 9.97. The first-order chi connectivity index (χ1) is 16.5. The third kappa shape index (κ3) is 3.55. The summed E-state index contributed by atoms with van der Waals surface area (Å²) < 4.78 is 7.59. The summed E-state index contributed by atoms with van der Waals surface area (Å²) in [6.45, 7) is 4.55. The highest BCUT2D eigenvalue weighted by Crippen LogP contribution is 2.38. The average molecular weight is 450 g/mol. The van der Waals surface area contributed by atoms with Gasteiger partial charge in [-0.2, -0.15) is 5.26 Å². The first-order valence-corrected chi connectivity index (χ1v) is 11.0. The molecule has 2 aromatic heterocycles. The number of hydrogen-bond donors (Lipinski definition) is 2. The molecule has 2 heterocycles. The quantitative estimate of drug-likeness (QED) is 0.348. The molecule has 0 aliphatic rings. The Hall–Kier alpha value is -4.57. The number of carbonyl (C=O) groups is 1. The topological polar surface area (TPSA) is 110 Å². The number of nitrogens with one attached hydrogen (secondary N) is 1. The molecular weight excluding hydrogens is 426 g/mol. The van der Waals surface area contributed by atoms with Gasteiger partial charge in [-0.25, -0.2) is 0 Å². The van der Waals surface area contributed by atoms with Crippen molar-refractivity contribution < 1.29 is 9.32 Å². The van der Waals surface area contributed by atoms with Crippen LogP contribution in [0.3, 0.4) is 0 Å². The lowest BCUT2D eigenvalue weighted by molar-refractivity contribution is 0.100. The van der Waals surface area contributed by atoms with Crippen LogP contribution in [0.15, 0.2) is 65.2 Å². The number of nitrogens with two attached hydrogens (primary N) is 1. The number of hydrogen-bond acceptors (Lipinski definition) is 5. The summed E-state index contributed by atoms with van der Waals surface area (Å²) >= 11 is 0. The van der Waals surface area contributed by atoms with Gasteiger partial charge in [-0.1, -0.05) is 35.5 Å². The van der Waals surface area contributed by atoms with Gasteiger partial charge in [0.25, 0.3) is 0 Å². The number of anilines is 1. The third-order valence-electron chi connectivity index (χ3n) is 6.11. The molecule has 0 aliphatic carbocycles. The van der Waals surface area contributed by atoms with E-state index < -0.39 is 5.91 Å². The van der Waals surface area contributed by atoms with Gasteiger partial charge in [-0.05, 0) is 55.3 Å². The summed E-state index contributed by atoms with van der Waals surface area (Å²) in [4.78, 5) is 12.7. The van der Waals surface area contributed by atoms with Crippen LogP contribution in [0.4, 0.5) is 5.69 Å². The summed E-state index contributed by atoms with van der Waals surface area (Å²) in [6.07, 6.45) is 0. The molecule has 34 heavy (non-hydrogen) atoms. The molecule has 5 aromatic rings. The van der Waals surface area contributed by atoms with E-state index in [1.165, 1.54) is 0 Å². The van der Waals surface area contributed by atoms with Crippen LogP contribution in [0.1, 0.15) is 27.4 Å². The fourth-order valence-corrected chi connectivity index (χ4v) is 4.65. The number of carbonyl (C=O) groups excluding carboxylic acids is 1. The number of nitriles is 1. The zero-order valence-electron chi connectivity index (χ0n) is 18.9. The Bertz CT molecular complexity index is 1570. The van der Waals surface area contributed by atoms with Crippen LogP contribution in [0.25, 0.3) is 32.9 Å². The fraction of sp³-hybridized carbons (Fsp3) is 0.148. The van der Waals surface area contributed by atoms with Crippen LogP contribution in [0, 0.1) is 25.2 Å². The van der Waals surface area contributed by atoms with E-state index >= 15 is 0 Å². The van der Waals surface area contributed by atoms with E-state index in [9.17, 15) is 4.79 Å². The van der Waals surface area contributed by atoms with Crippen molar-refractivity contribution in [2.75, 3.05) is 11.9 Å². The Kier molecular flexibility index (Phi) is 5.27. The Morgan fingerprint density at radius 1 is 1.12 bits per heavy atom. The summed E-state index contributed by atoms with van der Waals surface area (Å²) in [5.41, 5.74) is 12.6. The second kappa shape index (κ2) is 8.41. The predicted molar refractivity (Wildman–Crippen MR) is 133 cm³/mol. The molecule has 3 N–H and O–H groups in total. The van der Waals surface area contributed by atoms with E-state index in [1.54, 1.807) is 0 Å². The number of aromatic nitrogens is 2. The Morgan fingerprint density at radius 3 is 2.59 bits per heavy atom. The molecule has 0 fully saturated rings. The van der Waals surface area contributed by atoms with Crippen LogP contribution < -0.4 is 11.1 Å². The van der Waals surface area contributed by atoms with Crippen molar-refractivity contribution in [3.8, 4) is 17.2 Å². The van der Waals surface area contributed by atoms with Gasteiger partial charge in [0.2, 0.25) is 5.91 Å². The maximum Gasteiger partial charge on any atom is 0.249 e. The number of primary amides is 1. The third-order valence-corrected chi connectivity index (χ3v) is 6.11. The number of amides is 1. The zero-order chi connectivity index (χ0) is 23.8. The SMILES string of the molecule is Cc1noc(C)c1-c1cc(C(N)=O)c2c3cc(NCC#N)ccc3n(Cc3ccccc3)c2c1. The van der Waals surface area contributed by atoms with Gasteiger partial charge in [0, 0.05) is 39.6 Å². The Labute approximate surface area is 196 Å². The van der Waals surface area contributed by atoms with Gasteiger partial charge in [0.1, 0.15) is 12.3 Å². The molecule has 3 aromatic carbocycles. The van der Waals surface area contributed by atoms with Crippen LogP contribution >= 0.6 is 0 Å². The normalized spacial score (nSPS) is 11.1. The summed E-state index contributed by atoms with van der Waals surface area (Å²) in [7, 11) is 0. The summed E-state index contributed by atoms with van der Waals surface area (Å²) in [6, 6.07) is 22.1. The minimum absolute atomic E-state index is 0.188. The second-order valence-electron chi connectivity index (χ2n) is 8.30. The van der Waals surface area contributed by atoms with Crippen LogP contribution in [-0.4, -0.2) is 22.2 Å². The molecular formula is C27H23N5O2. The average Bonchev–Trinajstić information content (AvgIpc) is 3.33. The van der Waals surface area contributed by atoms with Crippen molar-refractivity contribution in [1.29, 1.82) is 5.26 Å². The minimum Gasteiger partial charge on any atom is -0.372 e. The van der Waals surface area contributed by atoms with Gasteiger partial charge < -0.3 is 20.1 Å². The maximum absolute atomic E-state index is 12.7. The molecule has 0 bridgehead atoms. The van der Waals surface area contributed by atoms with Crippen molar-refractivity contribution in [1.82, 2.24) is 9.72 Å². The van der Waals surface area contributed by atoms with E-state index in [2.05, 4.69) is 39.3 Å². The highest BCUT2D eigenvalue weighted by molar-refractivity contribution is 6.19. The van der Waals surface area contributed by atoms with Gasteiger partial charge >= 0.3 is 0 Å². The number of benzene rings is 3. The smallest absolute Gasteiger partial charge is 0.249 e. The van der Waals surface area contributed by atoms with Crippen LogP contribution in [0.2, 0.25) is 0 Å². The molecule has 0 unspecified atom stereocenters. The molecule has 0 aliphatic heterocycles. The van der Waals surface area contributed by atoms with E-state index in [-0.39, 0.29) is 6.54 Å². The molecule has 0 spiro atoms. The van der Waals surface area contributed by atoms with Crippen LogP contribution in [0.5, 0.6) is 0 Å². The lowest BCUT2D eigenvalue weighted by Crippen LogP contribution is -2.12. The molecule has 7 nitrogen and oxygen atoms in total. The van der Waals surface area contributed by atoms with Gasteiger partial charge in [0.15, 0.2) is 0 Å². The molecule has 0 saturated heterocycles. The number of aryl methyl sites for hydroxylation is 2. The first-order valence-electron chi connectivity index (χ1n) is 11.0. The van der Waals surface area contributed by atoms with E-state index in [0.29, 0.717) is 17.9 Å². The lowest BCUT2D eigenvalue weighted by Gasteiger charge is -2.10. The molecule has 1 amide bonds. The Morgan fingerprint density at radius 2 is 1.91 bits per heavy atom. The van der Waals surface area contributed by atoms with Crippen molar-refractivity contribution in [2.24, 2.45) is 5.73 Å². The highest BCUT2D eigenvalue weighted by Gasteiger charge is 2.21. The molecule has 0 radical (unpaired) electrons. The molecule has 0 atom stereocenters. The second-order valence-corrected chi connectivity index (χ2v) is 8.30. The highest BCUT2D eigenvalue weighted by atomic mass is 16.5. The predicted octanol–water partition coefficient (Wildman–Crippen LogP) is 5.15. The Balaban J connectivity index is 1.86. The fourth-order valence-electron chi connectivity index (χ4n) is 4.65. The van der Waals surface area contributed by atoms with Crippen molar-refractivity contribution in [3.63, 3.8) is 0 Å². The molecule has 5 rings (SSSR count). The van der Waals surface area contributed by atoms with Gasteiger partial charge in [-0.15, -0.1) is 0 Å². The summed E-state index contributed by atoms with van der Waals surface area (Å²) in [5.74, 6) is 0.175. The number of rotatable bonds is 6. The van der Waals surface area contributed by atoms with E-state index in [4.69, 9.17) is 15.5 Å². The minimum atomic E-state index is -0.507. The molecule has 168 valence electrons. The standard InChI is InChI=1S/C27H23N5O2/c1-16-25(17(2)34-31-16)19-12-22(27(29)33)26-21-14-20(30-11-10-28)8-9-23(21)32(24(26)13-19)15-18-6-4-3-5-7-18/h3-9,12-14,30H,11,15H2,1-2H3,(H2,29,33). The van der Waals surface area contributed by atoms with E-state index in [1.807, 2.05) is 56.3 Å². The van der Waals surface area contributed by atoms with Crippen molar-refractivity contribution in [3.05, 3.63) is 83.2 Å². The molecule has 7 heteroatoms. The summed E-state index contributed by atoms with van der Waals surface area (Å²) in [5, 5.41) is 17.8. The van der Waals surface area contributed by atoms with Gasteiger partial charge in [-0.3, -0.25) is 4.79 Å². The van der Waals surface area contributed by atoms with Gasteiger partial charge in [0.05, 0.1) is 17.3 Å². The van der Waals surface area contributed by atoms with Crippen molar-refractivity contribution in [2.45, 2.75) is 20.4 Å². The van der Waals surface area contributed by atoms with E-state index in [0.717, 1.165) is 49.9 Å². The number of nitrogens with zero attached hydrogens (tertiary/aromatic N) is 3. The maximum atomic E-state index is 12.7. The zero-order valence-corrected chi connectivity index (χ0v) is 18.9. The van der Waals surface area contributed by atoms with Crippen molar-refractivity contribution >= 4 is 33.4 Å². The first kappa shape index (κ1) is 21.3. The largest absolute Gasteiger partial charge is 0.372 e. The monoisotopic (exact) mass is 449 g/mol. The molecule has 0 saturated carbocycles. The number of fused-ring (bicyclic) bond motifs is 3.